The monoisotopic (exact) mass is 669 g/mol. The Morgan fingerprint density at radius 1 is 0.412 bits per heavy atom. The summed E-state index contributed by atoms with van der Waals surface area (Å²) in [5.74, 6) is 0. The highest BCUT2D eigenvalue weighted by molar-refractivity contribution is 7.26. The van der Waals surface area contributed by atoms with E-state index in [0.717, 1.165) is 44.4 Å². The number of nitrogens with zero attached hydrogens (tertiary/aromatic N) is 1. The van der Waals surface area contributed by atoms with Crippen molar-refractivity contribution in [3.63, 3.8) is 0 Å². The second kappa shape index (κ2) is 12.2. The highest BCUT2D eigenvalue weighted by atomic mass is 32.1. The van der Waals surface area contributed by atoms with Crippen LogP contribution in [0.25, 0.3) is 75.5 Å². The number of para-hydroxylation sites is 1. The number of fused-ring (bicyclic) bond motifs is 7. The van der Waals surface area contributed by atoms with Crippen LogP contribution in [0.15, 0.2) is 192 Å². The Hall–Kier alpha value is -6.42. The first-order valence-electron chi connectivity index (χ1n) is 17.3. The van der Waals surface area contributed by atoms with Crippen LogP contribution in [-0.2, 0) is 0 Å². The molecule has 3 heteroatoms. The molecular formula is C48H31NOS. The van der Waals surface area contributed by atoms with E-state index in [0.29, 0.717) is 0 Å². The highest BCUT2D eigenvalue weighted by Gasteiger charge is 2.24. The Kier molecular flexibility index (Phi) is 7.04. The minimum absolute atomic E-state index is 0.900. The summed E-state index contributed by atoms with van der Waals surface area (Å²) in [5, 5.41) is 4.61. The molecule has 0 aliphatic carbocycles. The van der Waals surface area contributed by atoms with Gasteiger partial charge in [0.15, 0.2) is 0 Å². The second-order valence-electron chi connectivity index (χ2n) is 12.9. The lowest BCUT2D eigenvalue weighted by atomic mass is 9.93. The van der Waals surface area contributed by atoms with E-state index in [1.54, 1.807) is 0 Å². The molecule has 0 fully saturated rings. The molecular weight excluding hydrogens is 639 g/mol. The Balaban J connectivity index is 1.31. The summed E-state index contributed by atoms with van der Waals surface area (Å²) in [4.78, 5) is 2.45. The van der Waals surface area contributed by atoms with Gasteiger partial charge in [-0.3, -0.25) is 0 Å². The maximum absolute atomic E-state index is 6.69. The third-order valence-electron chi connectivity index (χ3n) is 9.85. The summed E-state index contributed by atoms with van der Waals surface area (Å²) < 4.78 is 9.12. The molecule has 2 nitrogen and oxygen atoms in total. The summed E-state index contributed by atoms with van der Waals surface area (Å²) >= 11 is 1.83. The van der Waals surface area contributed by atoms with Gasteiger partial charge in [-0.15, -0.1) is 11.3 Å². The third-order valence-corrected chi connectivity index (χ3v) is 11.0. The molecule has 0 radical (unpaired) electrons. The molecule has 240 valence electrons. The van der Waals surface area contributed by atoms with Gasteiger partial charge in [0.2, 0.25) is 0 Å². The van der Waals surface area contributed by atoms with Crippen LogP contribution in [0.1, 0.15) is 0 Å². The van der Waals surface area contributed by atoms with Crippen molar-refractivity contribution in [3.05, 3.63) is 188 Å². The van der Waals surface area contributed by atoms with Gasteiger partial charge in [-0.05, 0) is 75.8 Å². The number of hydrogen-bond acceptors (Lipinski definition) is 3. The van der Waals surface area contributed by atoms with Crippen LogP contribution < -0.4 is 4.90 Å². The van der Waals surface area contributed by atoms with Gasteiger partial charge >= 0.3 is 0 Å². The minimum atomic E-state index is 0.900. The highest BCUT2D eigenvalue weighted by Crippen LogP contribution is 2.51. The quantitative estimate of drug-likeness (QED) is 0.175. The molecule has 10 rings (SSSR count). The maximum atomic E-state index is 6.69. The zero-order valence-electron chi connectivity index (χ0n) is 27.7. The van der Waals surface area contributed by atoms with Crippen LogP contribution in [0.3, 0.4) is 0 Å². The van der Waals surface area contributed by atoms with Crippen molar-refractivity contribution >= 4 is 70.5 Å². The van der Waals surface area contributed by atoms with E-state index in [1.165, 1.54) is 48.2 Å². The van der Waals surface area contributed by atoms with E-state index in [1.807, 2.05) is 11.3 Å². The molecule has 0 saturated carbocycles. The maximum Gasteiger partial charge on any atom is 0.144 e. The lowest BCUT2D eigenvalue weighted by Gasteiger charge is -2.28. The Labute approximate surface area is 300 Å². The van der Waals surface area contributed by atoms with E-state index < -0.39 is 0 Å². The molecule has 0 aliphatic rings. The predicted octanol–water partition coefficient (Wildman–Crippen LogP) is 14.4. The molecule has 0 amide bonds. The lowest BCUT2D eigenvalue weighted by molar-refractivity contribution is 0.673. The standard InChI is InChI=1S/C48H31NOS/c1-4-15-32(16-5-1)35-21-14-22-36(29-35)49(37-27-28-38(33-17-6-2-7-18-33)41(30-37)34-19-8-3-9-20-34)43-31-42-39-23-10-12-25-44(39)50-47(42)46-40-24-11-13-26-45(40)51-48(43)46/h1-31H. The fourth-order valence-electron chi connectivity index (χ4n) is 7.49. The fourth-order valence-corrected chi connectivity index (χ4v) is 8.70. The van der Waals surface area contributed by atoms with Crippen LogP contribution in [-0.4, -0.2) is 0 Å². The number of thiophene rings is 1. The zero-order chi connectivity index (χ0) is 33.7. The van der Waals surface area contributed by atoms with Gasteiger partial charge in [0.1, 0.15) is 11.2 Å². The first kappa shape index (κ1) is 29.5. The minimum Gasteiger partial charge on any atom is -0.455 e. The van der Waals surface area contributed by atoms with E-state index in [-0.39, 0.29) is 0 Å². The number of anilines is 3. The Bertz CT molecular complexity index is 2850. The van der Waals surface area contributed by atoms with E-state index >= 15 is 0 Å². The Morgan fingerprint density at radius 3 is 1.78 bits per heavy atom. The van der Waals surface area contributed by atoms with Gasteiger partial charge in [-0.25, -0.2) is 0 Å². The largest absolute Gasteiger partial charge is 0.455 e. The van der Waals surface area contributed by atoms with E-state index in [2.05, 4.69) is 193 Å². The van der Waals surface area contributed by atoms with Crippen molar-refractivity contribution in [1.82, 2.24) is 0 Å². The van der Waals surface area contributed by atoms with Gasteiger partial charge in [0.05, 0.1) is 10.4 Å². The third kappa shape index (κ3) is 5.01. The van der Waals surface area contributed by atoms with Gasteiger partial charge < -0.3 is 9.32 Å². The van der Waals surface area contributed by atoms with Crippen LogP contribution in [0.5, 0.6) is 0 Å². The molecule has 51 heavy (non-hydrogen) atoms. The average molecular weight is 670 g/mol. The molecule has 0 spiro atoms. The molecule has 0 bridgehead atoms. The number of furan rings is 1. The van der Waals surface area contributed by atoms with Gasteiger partial charge in [0.25, 0.3) is 0 Å². The van der Waals surface area contributed by atoms with Gasteiger partial charge in [-0.1, -0.05) is 146 Å². The van der Waals surface area contributed by atoms with Gasteiger partial charge in [0, 0.05) is 37.6 Å². The number of rotatable bonds is 6. The van der Waals surface area contributed by atoms with E-state index in [4.69, 9.17) is 4.42 Å². The molecule has 0 atom stereocenters. The molecule has 0 N–H and O–H groups in total. The van der Waals surface area contributed by atoms with Crippen LogP contribution in [0.2, 0.25) is 0 Å². The van der Waals surface area contributed by atoms with E-state index in [9.17, 15) is 0 Å². The molecule has 2 heterocycles. The molecule has 8 aromatic carbocycles. The van der Waals surface area contributed by atoms with Crippen molar-refractivity contribution in [3.8, 4) is 33.4 Å². The molecule has 2 aromatic heterocycles. The smallest absolute Gasteiger partial charge is 0.144 e. The van der Waals surface area contributed by atoms with Crippen molar-refractivity contribution in [1.29, 1.82) is 0 Å². The average Bonchev–Trinajstić information content (AvgIpc) is 3.78. The summed E-state index contributed by atoms with van der Waals surface area (Å²) in [6.07, 6.45) is 0. The topological polar surface area (TPSA) is 16.4 Å². The SMILES string of the molecule is c1ccc(-c2cccc(N(c3ccc(-c4ccccc4)c(-c4ccccc4)c3)c3cc4c5ccccc5oc4c4c3sc3ccccc34)c2)cc1. The first-order chi connectivity index (χ1) is 25.3. The normalized spacial score (nSPS) is 11.5. The molecule has 0 unspecified atom stereocenters. The first-order valence-corrected chi connectivity index (χ1v) is 18.1. The van der Waals surface area contributed by atoms with Crippen LogP contribution in [0, 0.1) is 0 Å². The number of benzene rings is 8. The zero-order valence-corrected chi connectivity index (χ0v) is 28.5. The number of hydrogen-bond donors (Lipinski definition) is 0. The van der Waals surface area contributed by atoms with Gasteiger partial charge in [-0.2, -0.15) is 0 Å². The summed E-state index contributed by atoms with van der Waals surface area (Å²) in [5.41, 5.74) is 12.3. The summed E-state index contributed by atoms with van der Waals surface area (Å²) in [6, 6.07) is 67.4. The molecule has 0 saturated heterocycles. The molecule has 10 aromatic rings. The fraction of sp³-hybridized carbons (Fsp3) is 0. The summed E-state index contributed by atoms with van der Waals surface area (Å²) in [6.45, 7) is 0. The van der Waals surface area contributed by atoms with Crippen molar-refractivity contribution in [2.75, 3.05) is 4.90 Å². The second-order valence-corrected chi connectivity index (χ2v) is 13.9. The van der Waals surface area contributed by atoms with Crippen molar-refractivity contribution in [2.45, 2.75) is 0 Å². The molecule has 0 aliphatic heterocycles. The lowest BCUT2D eigenvalue weighted by Crippen LogP contribution is -2.10. The van der Waals surface area contributed by atoms with Crippen LogP contribution >= 0.6 is 11.3 Å². The van der Waals surface area contributed by atoms with Crippen molar-refractivity contribution < 1.29 is 4.42 Å². The van der Waals surface area contributed by atoms with Crippen molar-refractivity contribution in [2.24, 2.45) is 0 Å². The Morgan fingerprint density at radius 2 is 1.02 bits per heavy atom. The predicted molar refractivity (Wildman–Crippen MR) is 218 cm³/mol. The summed E-state index contributed by atoms with van der Waals surface area (Å²) in [7, 11) is 0. The van der Waals surface area contributed by atoms with Crippen LogP contribution in [0.4, 0.5) is 17.1 Å².